The topological polar surface area (TPSA) is 135 Å². The van der Waals surface area contributed by atoms with Gasteiger partial charge in [-0.2, -0.15) is 0 Å². The van der Waals surface area contributed by atoms with E-state index in [0.29, 0.717) is 31.2 Å². The molecule has 3 aliphatic heterocycles. The summed E-state index contributed by atoms with van der Waals surface area (Å²) in [5.74, 6) is -3.78. The Morgan fingerprint density at radius 1 is 1.13 bits per heavy atom. The minimum atomic E-state index is -1.30. The molecule has 1 aromatic rings. The summed E-state index contributed by atoms with van der Waals surface area (Å²) in [7, 11) is 1.51. The van der Waals surface area contributed by atoms with Crippen molar-refractivity contribution >= 4 is 23.7 Å². The molecule has 52 heavy (non-hydrogen) atoms. The number of ether oxygens (including phenoxy) is 3. The van der Waals surface area contributed by atoms with E-state index in [4.69, 9.17) is 14.2 Å². The number of fused-ring (bicyclic) bond motifs is 1. The van der Waals surface area contributed by atoms with Crippen molar-refractivity contribution in [3.8, 4) is 0 Å². The fraction of sp³-hybridized carbons (Fsp3) is 0.659. The zero-order chi connectivity index (χ0) is 38.6. The van der Waals surface area contributed by atoms with Crippen molar-refractivity contribution in [2.75, 3.05) is 26.9 Å². The van der Waals surface area contributed by atoms with Gasteiger partial charge in [0.05, 0.1) is 43.2 Å². The zero-order valence-corrected chi connectivity index (χ0v) is 32.4. The van der Waals surface area contributed by atoms with E-state index in [-0.39, 0.29) is 49.3 Å². The van der Waals surface area contributed by atoms with Crippen LogP contribution < -0.4 is 5.32 Å². The second-order valence-electron chi connectivity index (χ2n) is 16.8. The van der Waals surface area contributed by atoms with Crippen molar-refractivity contribution in [2.24, 2.45) is 23.2 Å². The number of nitrogens with zero attached hydrogens (tertiary/aromatic N) is 2. The summed E-state index contributed by atoms with van der Waals surface area (Å²) in [6.07, 6.45) is 3.97. The molecule has 3 amide bonds. The number of aliphatic hydroxyl groups excluding tert-OH is 1. The first-order valence-electron chi connectivity index (χ1n) is 18.7. The van der Waals surface area contributed by atoms with E-state index in [1.54, 1.807) is 17.1 Å². The third kappa shape index (κ3) is 8.31. The number of allylic oxidation sites excluding steroid dienone is 1. The third-order valence-corrected chi connectivity index (χ3v) is 10.8. The molecular formula is C41H61N3O8. The number of likely N-dealkylation sites (tertiary alicyclic amines) is 1. The summed E-state index contributed by atoms with van der Waals surface area (Å²) in [6, 6.07) is 6.62. The molecule has 3 saturated heterocycles. The van der Waals surface area contributed by atoms with Crippen molar-refractivity contribution in [1.29, 1.82) is 0 Å². The maximum absolute atomic E-state index is 15.1. The van der Waals surface area contributed by atoms with Crippen LogP contribution in [0.2, 0.25) is 0 Å². The molecule has 2 bridgehead atoms. The van der Waals surface area contributed by atoms with Gasteiger partial charge < -0.3 is 34.4 Å². The molecule has 2 N–H and O–H groups in total. The van der Waals surface area contributed by atoms with Gasteiger partial charge in [-0.15, -0.1) is 13.2 Å². The van der Waals surface area contributed by atoms with Gasteiger partial charge in [0.15, 0.2) is 0 Å². The minimum absolute atomic E-state index is 0.0595. The van der Waals surface area contributed by atoms with Crippen molar-refractivity contribution in [3.63, 3.8) is 0 Å². The van der Waals surface area contributed by atoms with Crippen molar-refractivity contribution in [3.05, 3.63) is 61.2 Å². The average molecular weight is 724 g/mol. The van der Waals surface area contributed by atoms with E-state index in [1.807, 2.05) is 58.0 Å². The lowest BCUT2D eigenvalue weighted by Gasteiger charge is -2.46. The number of amides is 3. The second-order valence-corrected chi connectivity index (χ2v) is 16.8. The lowest BCUT2D eigenvalue weighted by atomic mass is 9.70. The number of benzene rings is 1. The maximum Gasteiger partial charge on any atom is 0.313 e. The van der Waals surface area contributed by atoms with Gasteiger partial charge in [-0.1, -0.05) is 77.1 Å². The highest BCUT2D eigenvalue weighted by atomic mass is 16.6. The molecule has 8 atom stereocenters. The van der Waals surface area contributed by atoms with E-state index < -0.39 is 65.2 Å². The SMILES string of the molecule is C=CCCC(=O)N[C@@H](COC)[C@@H](OC(=O)[C@@H]1[C@@H]2CC[C@]3(O2)[C@H](C(=O)N(CC=C)C(C)(C)CC(C)(C)C)N([C@@H](CO)C(C)C)C(=O)[C@@H]13)c1ccccc1. The van der Waals surface area contributed by atoms with Crippen molar-refractivity contribution in [2.45, 2.75) is 122 Å². The molecule has 1 spiro atoms. The van der Waals surface area contributed by atoms with Crippen LogP contribution in [0.15, 0.2) is 55.6 Å². The Hall–Kier alpha value is -3.54. The Morgan fingerprint density at radius 2 is 1.81 bits per heavy atom. The number of nitrogens with one attached hydrogen (secondary N) is 1. The van der Waals surface area contributed by atoms with Gasteiger partial charge in [0, 0.05) is 25.6 Å². The quantitative estimate of drug-likeness (QED) is 0.160. The van der Waals surface area contributed by atoms with Gasteiger partial charge in [-0.25, -0.2) is 0 Å². The number of carbonyl (C=O) groups excluding carboxylic acids is 4. The first kappa shape index (κ1) is 41.2. The number of hydrogen-bond acceptors (Lipinski definition) is 8. The summed E-state index contributed by atoms with van der Waals surface area (Å²) in [5, 5.41) is 13.7. The summed E-state index contributed by atoms with van der Waals surface area (Å²) in [6.45, 7) is 21.8. The van der Waals surface area contributed by atoms with Crippen LogP contribution in [0, 0.1) is 23.2 Å². The van der Waals surface area contributed by atoms with Gasteiger partial charge >= 0.3 is 5.97 Å². The van der Waals surface area contributed by atoms with Crippen LogP contribution in [0.25, 0.3) is 0 Å². The standard InChI is InChI=1S/C41H61N3O8/c1-11-13-19-31(46)42-28(24-50-10)34(27-17-15-14-16-18-27)51-38(49)32-30-20-21-41(52-30)33(32)36(47)44(29(23-45)26(3)4)35(41)37(48)43(22-12-2)40(8,9)25-39(5,6)7/h11-12,14-18,26,28-30,32-35,45H,1-2,13,19-25H2,3-10H3,(H,42,46)/t28-,29-,30-,32+,33+,34-,35-,41+/m0/s1. The second kappa shape index (κ2) is 16.6. The maximum atomic E-state index is 15.1. The number of rotatable bonds is 18. The number of aliphatic hydroxyl groups is 1. The largest absolute Gasteiger partial charge is 0.455 e. The fourth-order valence-electron chi connectivity index (χ4n) is 9.05. The predicted molar refractivity (Wildman–Crippen MR) is 199 cm³/mol. The molecule has 288 valence electrons. The van der Waals surface area contributed by atoms with E-state index in [1.165, 1.54) is 12.0 Å². The minimum Gasteiger partial charge on any atom is -0.455 e. The van der Waals surface area contributed by atoms with Gasteiger partial charge in [-0.3, -0.25) is 19.2 Å². The number of carbonyl (C=O) groups is 4. The van der Waals surface area contributed by atoms with Crippen LogP contribution >= 0.6 is 0 Å². The van der Waals surface area contributed by atoms with Gasteiger partial charge in [0.1, 0.15) is 17.7 Å². The third-order valence-electron chi connectivity index (χ3n) is 10.8. The Balaban J connectivity index is 1.77. The van der Waals surface area contributed by atoms with E-state index in [2.05, 4.69) is 39.2 Å². The lowest BCUT2D eigenvalue weighted by Crippen LogP contribution is -2.63. The predicted octanol–water partition coefficient (Wildman–Crippen LogP) is 4.99. The Bertz CT molecular complexity index is 1460. The van der Waals surface area contributed by atoms with Crippen molar-refractivity contribution in [1.82, 2.24) is 15.1 Å². The number of methoxy groups -OCH3 is 1. The van der Waals surface area contributed by atoms with Gasteiger partial charge in [-0.05, 0) is 56.4 Å². The number of esters is 1. The molecule has 3 fully saturated rings. The van der Waals surface area contributed by atoms with E-state index in [9.17, 15) is 19.5 Å². The lowest BCUT2D eigenvalue weighted by molar-refractivity contribution is -0.164. The highest BCUT2D eigenvalue weighted by Gasteiger charge is 2.76. The fourth-order valence-corrected chi connectivity index (χ4v) is 9.05. The number of hydrogen-bond donors (Lipinski definition) is 2. The molecule has 3 heterocycles. The van der Waals surface area contributed by atoms with Crippen molar-refractivity contribution < 1.29 is 38.5 Å². The summed E-state index contributed by atoms with van der Waals surface area (Å²) < 4.78 is 18.6. The summed E-state index contributed by atoms with van der Waals surface area (Å²) >= 11 is 0. The van der Waals surface area contributed by atoms with Gasteiger partial charge in [0.25, 0.3) is 0 Å². The smallest absolute Gasteiger partial charge is 0.313 e. The summed E-state index contributed by atoms with van der Waals surface area (Å²) in [4.78, 5) is 60.8. The monoisotopic (exact) mass is 723 g/mol. The van der Waals surface area contributed by atoms with Crippen LogP contribution in [0.5, 0.6) is 0 Å². The molecule has 0 saturated carbocycles. The molecule has 3 aliphatic rings. The Morgan fingerprint density at radius 3 is 2.37 bits per heavy atom. The molecule has 1 aromatic carbocycles. The van der Waals surface area contributed by atoms with Crippen LogP contribution in [0.3, 0.4) is 0 Å². The molecule has 0 aliphatic carbocycles. The van der Waals surface area contributed by atoms with Crippen LogP contribution in [0.4, 0.5) is 0 Å². The highest BCUT2D eigenvalue weighted by molar-refractivity contribution is 5.98. The summed E-state index contributed by atoms with van der Waals surface area (Å²) in [5.41, 5.74) is -1.38. The highest BCUT2D eigenvalue weighted by Crippen LogP contribution is 2.60. The average Bonchev–Trinajstić information content (AvgIpc) is 3.71. The van der Waals surface area contributed by atoms with Crippen LogP contribution in [-0.2, 0) is 33.4 Å². The molecule has 11 heteroatoms. The first-order chi connectivity index (χ1) is 24.5. The van der Waals surface area contributed by atoms with Crippen LogP contribution in [-0.4, -0.2) is 101 Å². The van der Waals surface area contributed by atoms with Crippen LogP contribution in [0.1, 0.15) is 92.2 Å². The van der Waals surface area contributed by atoms with E-state index >= 15 is 4.79 Å². The Kier molecular flexibility index (Phi) is 13.2. The van der Waals surface area contributed by atoms with E-state index in [0.717, 1.165) is 0 Å². The normalized spacial score (nSPS) is 25.7. The molecule has 11 nitrogen and oxygen atoms in total. The molecule has 4 rings (SSSR count). The Labute approximate surface area is 310 Å². The zero-order valence-electron chi connectivity index (χ0n) is 32.4. The molecule has 0 radical (unpaired) electrons. The van der Waals surface area contributed by atoms with Gasteiger partial charge in [0.2, 0.25) is 17.7 Å². The molecule has 0 aromatic heterocycles. The molecule has 0 unspecified atom stereocenters. The molecular weight excluding hydrogens is 662 g/mol. The first-order valence-corrected chi connectivity index (χ1v) is 18.7.